The van der Waals surface area contributed by atoms with Gasteiger partial charge in [0.2, 0.25) is 0 Å². The summed E-state index contributed by atoms with van der Waals surface area (Å²) in [5.74, 6) is 0. The van der Waals surface area contributed by atoms with Crippen LogP contribution in [0.15, 0.2) is 35.4 Å². The molecule has 0 unspecified atom stereocenters. The van der Waals surface area contributed by atoms with Crippen LogP contribution in [-0.4, -0.2) is 9.78 Å². The summed E-state index contributed by atoms with van der Waals surface area (Å²) in [4.78, 5) is 1.17. The van der Waals surface area contributed by atoms with E-state index in [4.69, 9.17) is 0 Å². The van der Waals surface area contributed by atoms with E-state index in [1.54, 1.807) is 0 Å². The standard InChI is InChI=1S/C11H12N2S2/c1-8-7-9(15-14)3-4-10(8)11-5-6-12-13(11)2/h3-7,14H,1-2H3. The molecule has 2 nitrogen and oxygen atoms in total. The van der Waals surface area contributed by atoms with Crippen LogP contribution in [0.4, 0.5) is 0 Å². The lowest BCUT2D eigenvalue weighted by atomic mass is 10.1. The van der Waals surface area contributed by atoms with Crippen molar-refractivity contribution in [3.63, 3.8) is 0 Å². The molecule has 1 aromatic carbocycles. The molecule has 2 aromatic rings. The molecular formula is C11H12N2S2. The van der Waals surface area contributed by atoms with Crippen LogP contribution in [0.5, 0.6) is 0 Å². The van der Waals surface area contributed by atoms with Crippen molar-refractivity contribution in [2.24, 2.45) is 7.05 Å². The molecule has 1 heterocycles. The van der Waals surface area contributed by atoms with Gasteiger partial charge in [-0.25, -0.2) is 0 Å². The van der Waals surface area contributed by atoms with Crippen LogP contribution in [0.1, 0.15) is 5.56 Å². The molecule has 0 bridgehead atoms. The van der Waals surface area contributed by atoms with Gasteiger partial charge >= 0.3 is 0 Å². The predicted molar refractivity (Wildman–Crippen MR) is 68.2 cm³/mol. The molecule has 0 N–H and O–H groups in total. The Hall–Kier alpha value is -0.870. The van der Waals surface area contributed by atoms with Crippen molar-refractivity contribution in [2.45, 2.75) is 11.8 Å². The molecule has 0 amide bonds. The summed E-state index contributed by atoms with van der Waals surface area (Å²) in [5.41, 5.74) is 3.61. The van der Waals surface area contributed by atoms with Gasteiger partial charge in [-0.2, -0.15) is 5.10 Å². The third-order valence-electron chi connectivity index (χ3n) is 2.40. The van der Waals surface area contributed by atoms with Gasteiger partial charge in [0.05, 0.1) is 5.69 Å². The van der Waals surface area contributed by atoms with E-state index in [9.17, 15) is 0 Å². The fourth-order valence-corrected chi connectivity index (χ4v) is 2.32. The molecule has 0 radical (unpaired) electrons. The van der Waals surface area contributed by atoms with E-state index in [1.807, 2.05) is 24.0 Å². The molecule has 0 aliphatic rings. The highest BCUT2D eigenvalue weighted by Gasteiger charge is 2.06. The second-order valence-electron chi connectivity index (χ2n) is 3.41. The molecule has 0 aliphatic carbocycles. The second-order valence-corrected chi connectivity index (χ2v) is 4.61. The molecule has 15 heavy (non-hydrogen) atoms. The molecule has 0 aliphatic heterocycles. The van der Waals surface area contributed by atoms with Crippen molar-refractivity contribution in [3.8, 4) is 11.3 Å². The molecule has 0 saturated heterocycles. The lowest BCUT2D eigenvalue weighted by molar-refractivity contribution is 0.775. The molecule has 2 rings (SSSR count). The molecule has 4 heteroatoms. The monoisotopic (exact) mass is 236 g/mol. The fraction of sp³-hybridized carbons (Fsp3) is 0.182. The van der Waals surface area contributed by atoms with Gasteiger partial charge in [0.1, 0.15) is 0 Å². The normalized spacial score (nSPS) is 10.6. The van der Waals surface area contributed by atoms with E-state index in [0.29, 0.717) is 0 Å². The molecule has 0 atom stereocenters. The lowest BCUT2D eigenvalue weighted by Gasteiger charge is -2.07. The van der Waals surface area contributed by atoms with Crippen LogP contribution in [0.25, 0.3) is 11.3 Å². The number of thiol groups is 1. The Morgan fingerprint density at radius 1 is 1.33 bits per heavy atom. The van der Waals surface area contributed by atoms with Gasteiger partial charge in [-0.05, 0) is 30.7 Å². The maximum absolute atomic E-state index is 4.19. The highest BCUT2D eigenvalue weighted by atomic mass is 33.1. The number of hydrogen-bond donors (Lipinski definition) is 1. The van der Waals surface area contributed by atoms with Crippen LogP contribution >= 0.6 is 22.5 Å². The number of hydrogen-bond acceptors (Lipinski definition) is 3. The Bertz CT molecular complexity index is 477. The summed E-state index contributed by atoms with van der Waals surface area (Å²) in [5, 5.41) is 4.17. The number of rotatable bonds is 2. The van der Waals surface area contributed by atoms with Crippen molar-refractivity contribution in [2.75, 3.05) is 0 Å². The molecular weight excluding hydrogens is 224 g/mol. The Kier molecular flexibility index (Phi) is 3.07. The Balaban J connectivity index is 2.50. The van der Waals surface area contributed by atoms with Crippen LogP contribution in [0.2, 0.25) is 0 Å². The maximum Gasteiger partial charge on any atom is 0.0681 e. The molecule has 1 aromatic heterocycles. The predicted octanol–water partition coefficient (Wildman–Crippen LogP) is 3.33. The van der Waals surface area contributed by atoms with E-state index in [0.717, 1.165) is 5.69 Å². The Labute approximate surface area is 98.5 Å². The van der Waals surface area contributed by atoms with Crippen LogP contribution < -0.4 is 0 Å². The Morgan fingerprint density at radius 3 is 2.67 bits per heavy atom. The quantitative estimate of drug-likeness (QED) is 0.636. The van der Waals surface area contributed by atoms with E-state index >= 15 is 0 Å². The van der Waals surface area contributed by atoms with Crippen molar-refractivity contribution in [1.82, 2.24) is 9.78 Å². The summed E-state index contributed by atoms with van der Waals surface area (Å²) in [6.07, 6.45) is 1.82. The topological polar surface area (TPSA) is 17.8 Å². The molecule has 0 fully saturated rings. The van der Waals surface area contributed by atoms with Gasteiger partial charge in [0.15, 0.2) is 0 Å². The zero-order chi connectivity index (χ0) is 10.8. The Morgan fingerprint density at radius 2 is 2.13 bits per heavy atom. The SMILES string of the molecule is Cc1cc(SS)ccc1-c1ccnn1C. The minimum atomic E-state index is 1.14. The third-order valence-corrected chi connectivity index (χ3v) is 3.50. The van der Waals surface area contributed by atoms with Gasteiger partial charge in [-0.1, -0.05) is 16.9 Å². The van der Waals surface area contributed by atoms with E-state index in [2.05, 4.69) is 41.9 Å². The zero-order valence-electron chi connectivity index (χ0n) is 8.64. The van der Waals surface area contributed by atoms with Crippen LogP contribution in [0, 0.1) is 6.92 Å². The first-order valence-electron chi connectivity index (χ1n) is 4.63. The first-order chi connectivity index (χ1) is 7.22. The number of nitrogens with zero attached hydrogens (tertiary/aromatic N) is 2. The largest absolute Gasteiger partial charge is 0.268 e. The summed E-state index contributed by atoms with van der Waals surface area (Å²) in [7, 11) is 3.42. The number of aromatic nitrogens is 2. The van der Waals surface area contributed by atoms with Crippen molar-refractivity contribution in [1.29, 1.82) is 0 Å². The number of aryl methyl sites for hydroxylation is 2. The van der Waals surface area contributed by atoms with Gasteiger partial charge in [-0.15, -0.1) is 11.7 Å². The summed E-state index contributed by atoms with van der Waals surface area (Å²) in [6.45, 7) is 2.11. The van der Waals surface area contributed by atoms with Gasteiger partial charge in [0.25, 0.3) is 0 Å². The van der Waals surface area contributed by atoms with Gasteiger partial charge < -0.3 is 0 Å². The lowest BCUT2D eigenvalue weighted by Crippen LogP contribution is -1.94. The molecule has 78 valence electrons. The molecule has 0 spiro atoms. The highest BCUT2D eigenvalue weighted by Crippen LogP contribution is 2.28. The fourth-order valence-electron chi connectivity index (χ4n) is 1.62. The minimum Gasteiger partial charge on any atom is -0.268 e. The highest BCUT2D eigenvalue weighted by molar-refractivity contribution is 8.68. The average molecular weight is 236 g/mol. The van der Waals surface area contributed by atoms with E-state index in [-0.39, 0.29) is 0 Å². The minimum absolute atomic E-state index is 1.14. The van der Waals surface area contributed by atoms with E-state index in [1.165, 1.54) is 26.8 Å². The van der Waals surface area contributed by atoms with Crippen LogP contribution in [-0.2, 0) is 7.05 Å². The average Bonchev–Trinajstić information content (AvgIpc) is 2.64. The second kappa shape index (κ2) is 4.33. The first kappa shape index (κ1) is 10.6. The van der Waals surface area contributed by atoms with Gasteiger partial charge in [-0.3, -0.25) is 4.68 Å². The summed E-state index contributed by atoms with van der Waals surface area (Å²) >= 11 is 4.19. The van der Waals surface area contributed by atoms with Crippen LogP contribution in [0.3, 0.4) is 0 Å². The molecule has 0 saturated carbocycles. The summed E-state index contributed by atoms with van der Waals surface area (Å²) in [6, 6.07) is 8.35. The number of benzene rings is 1. The zero-order valence-corrected chi connectivity index (χ0v) is 10.3. The summed E-state index contributed by atoms with van der Waals surface area (Å²) < 4.78 is 1.88. The van der Waals surface area contributed by atoms with E-state index < -0.39 is 0 Å². The maximum atomic E-state index is 4.19. The van der Waals surface area contributed by atoms with Gasteiger partial charge in [0, 0.05) is 23.7 Å². The third kappa shape index (κ3) is 2.06. The van der Waals surface area contributed by atoms with Crippen molar-refractivity contribution in [3.05, 3.63) is 36.0 Å². The van der Waals surface area contributed by atoms with Crippen molar-refractivity contribution >= 4 is 22.5 Å². The first-order valence-corrected chi connectivity index (χ1v) is 6.49. The van der Waals surface area contributed by atoms with Crippen molar-refractivity contribution < 1.29 is 0 Å². The smallest absolute Gasteiger partial charge is 0.0681 e.